The quantitative estimate of drug-likeness (QED) is 0.467. The van der Waals surface area contributed by atoms with Crippen LogP contribution in [-0.4, -0.2) is 53.2 Å². The molecular formula is C29H28F2N4O3S. The normalized spacial score (nSPS) is 18.5. The highest BCUT2D eigenvalue weighted by Crippen LogP contribution is 2.44. The van der Waals surface area contributed by atoms with Crippen LogP contribution in [0.25, 0.3) is 16.1 Å². The fourth-order valence-electron chi connectivity index (χ4n) is 5.06. The maximum atomic E-state index is 15.6. The summed E-state index contributed by atoms with van der Waals surface area (Å²) >= 11 is 1.23. The maximum Gasteiger partial charge on any atom is 0.275 e. The number of aromatic nitrogens is 1. The molecule has 1 saturated heterocycles. The Bertz CT molecular complexity index is 1450. The van der Waals surface area contributed by atoms with Crippen molar-refractivity contribution in [3.05, 3.63) is 76.8 Å². The number of aryl methyl sites for hydroxylation is 1. The van der Waals surface area contributed by atoms with E-state index in [-0.39, 0.29) is 31.1 Å². The van der Waals surface area contributed by atoms with Crippen LogP contribution in [0.4, 0.5) is 14.5 Å². The van der Waals surface area contributed by atoms with Crippen LogP contribution in [0.3, 0.4) is 0 Å². The topological polar surface area (TPSA) is 96.6 Å². The highest BCUT2D eigenvalue weighted by atomic mass is 32.1. The maximum absolute atomic E-state index is 15.6. The van der Waals surface area contributed by atoms with Crippen molar-refractivity contribution >= 4 is 40.3 Å². The Morgan fingerprint density at radius 3 is 2.38 bits per heavy atom. The monoisotopic (exact) mass is 550 g/mol. The Kier molecular flexibility index (Phi) is 7.31. The van der Waals surface area contributed by atoms with Gasteiger partial charge < -0.3 is 15.5 Å². The highest BCUT2D eigenvalue weighted by molar-refractivity contribution is 7.17. The number of thiazole rings is 1. The molecule has 0 saturated carbocycles. The molecule has 2 aliphatic heterocycles. The third-order valence-electron chi connectivity index (χ3n) is 7.26. The molecule has 3 heterocycles. The van der Waals surface area contributed by atoms with E-state index in [0.717, 1.165) is 11.6 Å². The van der Waals surface area contributed by atoms with E-state index in [1.54, 1.807) is 25.1 Å². The Labute approximate surface area is 228 Å². The lowest BCUT2D eigenvalue weighted by Crippen LogP contribution is -2.41. The summed E-state index contributed by atoms with van der Waals surface area (Å²) < 4.78 is 31.2. The van der Waals surface area contributed by atoms with E-state index in [0.29, 0.717) is 34.1 Å². The van der Waals surface area contributed by atoms with Gasteiger partial charge in [0.25, 0.3) is 11.8 Å². The number of primary amides is 1. The first-order chi connectivity index (χ1) is 18.7. The summed E-state index contributed by atoms with van der Waals surface area (Å²) in [6, 6.07) is 15.9. The minimum Gasteiger partial charge on any atom is -0.369 e. The average Bonchev–Trinajstić information content (AvgIpc) is 3.29. The van der Waals surface area contributed by atoms with Gasteiger partial charge in [-0.3, -0.25) is 14.4 Å². The van der Waals surface area contributed by atoms with Gasteiger partial charge in [-0.25, -0.2) is 13.8 Å². The van der Waals surface area contributed by atoms with Crippen molar-refractivity contribution in [2.45, 2.75) is 32.1 Å². The fourth-order valence-corrected chi connectivity index (χ4v) is 6.08. The van der Waals surface area contributed by atoms with Crippen LogP contribution in [0.2, 0.25) is 0 Å². The van der Waals surface area contributed by atoms with Crippen LogP contribution in [0.5, 0.6) is 0 Å². The Morgan fingerprint density at radius 2 is 1.69 bits per heavy atom. The third kappa shape index (κ3) is 5.34. The van der Waals surface area contributed by atoms with Crippen molar-refractivity contribution in [2.24, 2.45) is 11.7 Å². The molecule has 0 unspecified atom stereocenters. The minimum atomic E-state index is -3.34. The van der Waals surface area contributed by atoms with Crippen molar-refractivity contribution < 1.29 is 23.2 Å². The van der Waals surface area contributed by atoms with Crippen molar-refractivity contribution in [3.63, 3.8) is 0 Å². The standard InChI is InChI=1S/C29H28F2N4O3S/c1-18-25(39-27(33-18)20-7-3-2-4-8-20)28(38)35-16-13-29(30,31)22(21-9-5-6-10-23(21)35)17-24(36)34-14-11-19(12-15-34)26(32)37/h2-10,17,19H,11-16H2,1H3,(H2,32,37). The van der Waals surface area contributed by atoms with Gasteiger partial charge in [0.2, 0.25) is 11.8 Å². The van der Waals surface area contributed by atoms with Crippen LogP contribution in [-0.2, 0) is 9.59 Å². The van der Waals surface area contributed by atoms with Gasteiger partial charge in [-0.15, -0.1) is 11.3 Å². The van der Waals surface area contributed by atoms with E-state index >= 15 is 8.78 Å². The molecule has 5 rings (SSSR count). The van der Waals surface area contributed by atoms with E-state index in [1.165, 1.54) is 27.2 Å². The molecule has 0 spiro atoms. The van der Waals surface area contributed by atoms with Gasteiger partial charge in [-0.2, -0.15) is 0 Å². The summed E-state index contributed by atoms with van der Waals surface area (Å²) in [5.41, 5.74) is 6.82. The zero-order valence-corrected chi connectivity index (χ0v) is 22.2. The number of carbonyl (C=O) groups excluding carboxylic acids is 3. The molecule has 0 aliphatic carbocycles. The molecule has 7 nitrogen and oxygen atoms in total. The second kappa shape index (κ2) is 10.7. The molecule has 39 heavy (non-hydrogen) atoms. The first kappa shape index (κ1) is 26.7. The van der Waals surface area contributed by atoms with Crippen LogP contribution in [0.1, 0.15) is 40.2 Å². The number of para-hydroxylation sites is 1. The first-order valence-corrected chi connectivity index (χ1v) is 13.6. The van der Waals surface area contributed by atoms with Crippen LogP contribution in [0, 0.1) is 12.8 Å². The zero-order chi connectivity index (χ0) is 27.7. The van der Waals surface area contributed by atoms with Gasteiger partial charge in [0.05, 0.1) is 11.4 Å². The molecule has 2 N–H and O–H groups in total. The molecule has 0 atom stereocenters. The van der Waals surface area contributed by atoms with Crippen LogP contribution in [0.15, 0.2) is 60.7 Å². The second-order valence-electron chi connectivity index (χ2n) is 9.79. The highest BCUT2D eigenvalue weighted by Gasteiger charge is 2.42. The summed E-state index contributed by atoms with van der Waals surface area (Å²) in [6.07, 6.45) is 1.15. The molecule has 1 aromatic heterocycles. The number of rotatable bonds is 4. The number of amides is 3. The lowest BCUT2D eigenvalue weighted by Gasteiger charge is -2.30. The molecule has 0 bridgehead atoms. The SMILES string of the molecule is Cc1nc(-c2ccccc2)sc1C(=O)N1CCC(F)(F)C(=CC(=O)N2CCC(C(N)=O)CC2)c2ccccc21. The molecular weight excluding hydrogens is 522 g/mol. The molecule has 0 radical (unpaired) electrons. The summed E-state index contributed by atoms with van der Waals surface area (Å²) in [7, 11) is 0. The van der Waals surface area contributed by atoms with Crippen molar-refractivity contribution in [1.29, 1.82) is 0 Å². The minimum absolute atomic E-state index is 0.138. The predicted molar refractivity (Wildman–Crippen MR) is 146 cm³/mol. The lowest BCUT2D eigenvalue weighted by atomic mass is 9.94. The molecule has 1 fully saturated rings. The number of hydrogen-bond acceptors (Lipinski definition) is 5. The number of halogens is 2. The third-order valence-corrected chi connectivity index (χ3v) is 8.46. The molecule has 202 valence electrons. The van der Waals surface area contributed by atoms with Crippen LogP contribution >= 0.6 is 11.3 Å². The zero-order valence-electron chi connectivity index (χ0n) is 21.4. The number of nitrogens with two attached hydrogens (primary N) is 1. The lowest BCUT2D eigenvalue weighted by molar-refractivity contribution is -0.130. The number of hydrogen-bond donors (Lipinski definition) is 1. The van der Waals surface area contributed by atoms with Crippen LogP contribution < -0.4 is 10.6 Å². The van der Waals surface area contributed by atoms with Gasteiger partial charge in [0, 0.05) is 54.7 Å². The largest absolute Gasteiger partial charge is 0.369 e. The van der Waals surface area contributed by atoms with Gasteiger partial charge in [-0.05, 0) is 25.8 Å². The number of piperidine rings is 1. The number of nitrogens with zero attached hydrogens (tertiary/aromatic N) is 3. The number of benzene rings is 2. The van der Waals surface area contributed by atoms with Crippen molar-refractivity contribution in [1.82, 2.24) is 9.88 Å². The smallest absolute Gasteiger partial charge is 0.275 e. The number of carbonyl (C=O) groups is 3. The fraction of sp³-hybridized carbons (Fsp3) is 0.310. The number of anilines is 1. The average molecular weight is 551 g/mol. The molecule has 3 amide bonds. The summed E-state index contributed by atoms with van der Waals surface area (Å²) in [5.74, 6) is -5.03. The Balaban J connectivity index is 1.47. The molecule has 2 aliphatic rings. The summed E-state index contributed by atoms with van der Waals surface area (Å²) in [4.78, 5) is 46.1. The molecule has 3 aromatic rings. The van der Waals surface area contributed by atoms with Gasteiger partial charge in [0.15, 0.2) is 0 Å². The Hall–Kier alpha value is -3.92. The summed E-state index contributed by atoms with van der Waals surface area (Å²) in [6.45, 7) is 2.04. The van der Waals surface area contributed by atoms with E-state index in [9.17, 15) is 14.4 Å². The van der Waals surface area contributed by atoms with Crippen molar-refractivity contribution in [3.8, 4) is 10.6 Å². The second-order valence-corrected chi connectivity index (χ2v) is 10.8. The number of alkyl halides is 2. The predicted octanol–water partition coefficient (Wildman–Crippen LogP) is 4.91. The van der Waals surface area contributed by atoms with E-state index in [1.807, 2.05) is 30.3 Å². The van der Waals surface area contributed by atoms with Crippen molar-refractivity contribution in [2.75, 3.05) is 24.5 Å². The summed E-state index contributed by atoms with van der Waals surface area (Å²) in [5, 5.41) is 0.677. The van der Waals surface area contributed by atoms with E-state index in [2.05, 4.69) is 4.98 Å². The van der Waals surface area contributed by atoms with Gasteiger partial charge in [0.1, 0.15) is 9.88 Å². The molecule has 10 heteroatoms. The number of allylic oxidation sites excluding steroid dienone is 1. The molecule has 2 aromatic carbocycles. The van der Waals surface area contributed by atoms with Gasteiger partial charge >= 0.3 is 0 Å². The first-order valence-electron chi connectivity index (χ1n) is 12.8. The Morgan fingerprint density at radius 1 is 1.03 bits per heavy atom. The van der Waals surface area contributed by atoms with Gasteiger partial charge in [-0.1, -0.05) is 48.5 Å². The van der Waals surface area contributed by atoms with E-state index < -0.39 is 35.6 Å². The van der Waals surface area contributed by atoms with E-state index in [4.69, 9.17) is 5.73 Å². The number of fused-ring (bicyclic) bond motifs is 1. The number of likely N-dealkylation sites (tertiary alicyclic amines) is 1.